The molecular formula is C27H25N3O2S. The number of carbonyl (C=O) groups excluding carboxylic acids is 2. The van der Waals surface area contributed by atoms with Crippen molar-refractivity contribution >= 4 is 34.5 Å². The lowest BCUT2D eigenvalue weighted by Gasteiger charge is -2.13. The fourth-order valence-electron chi connectivity index (χ4n) is 3.45. The number of rotatable bonds is 7. The van der Waals surface area contributed by atoms with Gasteiger partial charge in [0.2, 0.25) is 5.91 Å². The Morgan fingerprint density at radius 1 is 0.879 bits per heavy atom. The summed E-state index contributed by atoms with van der Waals surface area (Å²) in [6, 6.07) is 22.8. The Kier molecular flexibility index (Phi) is 6.95. The molecule has 0 aliphatic carbocycles. The lowest BCUT2D eigenvalue weighted by Crippen LogP contribution is -2.17. The van der Waals surface area contributed by atoms with Crippen LogP contribution in [0.15, 0.2) is 78.2 Å². The van der Waals surface area contributed by atoms with Gasteiger partial charge in [-0.15, -0.1) is 11.3 Å². The lowest BCUT2D eigenvalue weighted by molar-refractivity contribution is -0.115. The summed E-state index contributed by atoms with van der Waals surface area (Å²) >= 11 is 1.54. The first-order valence-electron chi connectivity index (χ1n) is 10.8. The molecule has 0 bridgehead atoms. The summed E-state index contributed by atoms with van der Waals surface area (Å²) in [5.41, 5.74) is 5.77. The van der Waals surface area contributed by atoms with Gasteiger partial charge in [-0.1, -0.05) is 55.5 Å². The van der Waals surface area contributed by atoms with Crippen LogP contribution in [-0.4, -0.2) is 16.8 Å². The van der Waals surface area contributed by atoms with Crippen LogP contribution in [0.1, 0.15) is 34.1 Å². The van der Waals surface area contributed by atoms with E-state index in [4.69, 9.17) is 0 Å². The average Bonchev–Trinajstić information content (AvgIpc) is 3.30. The Hall–Kier alpha value is -3.77. The molecule has 0 saturated carbocycles. The van der Waals surface area contributed by atoms with Gasteiger partial charge in [0.1, 0.15) is 5.01 Å². The number of hydrogen-bond donors (Lipinski definition) is 2. The molecule has 33 heavy (non-hydrogen) atoms. The van der Waals surface area contributed by atoms with Crippen LogP contribution in [0.25, 0.3) is 10.6 Å². The molecule has 2 amide bonds. The third kappa shape index (κ3) is 5.54. The van der Waals surface area contributed by atoms with Gasteiger partial charge in [-0.25, -0.2) is 4.98 Å². The van der Waals surface area contributed by atoms with E-state index in [1.807, 2.05) is 48.7 Å². The highest BCUT2D eigenvalue weighted by molar-refractivity contribution is 7.13. The van der Waals surface area contributed by atoms with E-state index in [0.717, 1.165) is 28.2 Å². The molecule has 2 N–H and O–H groups in total. The summed E-state index contributed by atoms with van der Waals surface area (Å²) in [5.74, 6) is -0.341. The Labute approximate surface area is 197 Å². The number of aryl methyl sites for hydroxylation is 1. The smallest absolute Gasteiger partial charge is 0.255 e. The van der Waals surface area contributed by atoms with E-state index in [1.165, 1.54) is 16.9 Å². The molecule has 4 aromatic rings. The van der Waals surface area contributed by atoms with E-state index in [2.05, 4.69) is 46.8 Å². The van der Waals surface area contributed by atoms with Crippen molar-refractivity contribution < 1.29 is 9.59 Å². The van der Waals surface area contributed by atoms with Gasteiger partial charge in [-0.05, 0) is 48.7 Å². The van der Waals surface area contributed by atoms with Crippen LogP contribution in [0.2, 0.25) is 0 Å². The van der Waals surface area contributed by atoms with Gasteiger partial charge in [-0.2, -0.15) is 0 Å². The van der Waals surface area contributed by atoms with Crippen LogP contribution in [0.4, 0.5) is 11.4 Å². The van der Waals surface area contributed by atoms with E-state index in [0.29, 0.717) is 16.9 Å². The van der Waals surface area contributed by atoms with Crippen LogP contribution in [-0.2, 0) is 17.6 Å². The van der Waals surface area contributed by atoms with E-state index in [-0.39, 0.29) is 18.2 Å². The van der Waals surface area contributed by atoms with Crippen LogP contribution in [0.3, 0.4) is 0 Å². The summed E-state index contributed by atoms with van der Waals surface area (Å²) < 4.78 is 0. The Bertz CT molecular complexity index is 1260. The molecule has 1 heterocycles. The summed E-state index contributed by atoms with van der Waals surface area (Å²) in [7, 11) is 0. The van der Waals surface area contributed by atoms with Crippen molar-refractivity contribution in [1.29, 1.82) is 0 Å². The minimum Gasteiger partial charge on any atom is -0.325 e. The molecule has 166 valence electrons. The zero-order chi connectivity index (χ0) is 23.2. The normalized spacial score (nSPS) is 10.6. The number of nitrogens with one attached hydrogen (secondary N) is 2. The highest BCUT2D eigenvalue weighted by Crippen LogP contribution is 2.26. The summed E-state index contributed by atoms with van der Waals surface area (Å²) in [6.45, 7) is 4.00. The van der Waals surface area contributed by atoms with Crippen LogP contribution >= 0.6 is 11.3 Å². The molecular weight excluding hydrogens is 430 g/mol. The van der Waals surface area contributed by atoms with Crippen molar-refractivity contribution in [3.8, 4) is 10.6 Å². The number of aromatic nitrogens is 1. The largest absolute Gasteiger partial charge is 0.325 e. The molecule has 4 rings (SSSR count). The van der Waals surface area contributed by atoms with Gasteiger partial charge in [0.15, 0.2) is 0 Å². The first-order valence-corrected chi connectivity index (χ1v) is 11.7. The maximum atomic E-state index is 12.7. The van der Waals surface area contributed by atoms with Crippen molar-refractivity contribution in [3.63, 3.8) is 0 Å². The minimum absolute atomic E-state index is 0.150. The third-order valence-corrected chi connectivity index (χ3v) is 6.33. The molecule has 0 atom stereocenters. The van der Waals surface area contributed by atoms with Gasteiger partial charge in [0.25, 0.3) is 5.91 Å². The van der Waals surface area contributed by atoms with Gasteiger partial charge >= 0.3 is 0 Å². The predicted octanol–water partition coefficient (Wildman–Crippen LogP) is 6.11. The average molecular weight is 456 g/mol. The number of thiazole rings is 1. The topological polar surface area (TPSA) is 71.1 Å². The lowest BCUT2D eigenvalue weighted by atomic mass is 10.1. The van der Waals surface area contributed by atoms with E-state index in [1.54, 1.807) is 12.1 Å². The molecule has 0 unspecified atom stereocenters. The predicted molar refractivity (Wildman–Crippen MR) is 135 cm³/mol. The van der Waals surface area contributed by atoms with Gasteiger partial charge in [0, 0.05) is 27.9 Å². The third-order valence-electron chi connectivity index (χ3n) is 5.39. The Morgan fingerprint density at radius 2 is 1.58 bits per heavy atom. The van der Waals surface area contributed by atoms with Crippen molar-refractivity contribution in [3.05, 3.63) is 101 Å². The minimum atomic E-state index is -0.191. The quantitative estimate of drug-likeness (QED) is 0.353. The maximum Gasteiger partial charge on any atom is 0.255 e. The summed E-state index contributed by atoms with van der Waals surface area (Å²) in [6.07, 6.45) is 1.18. The van der Waals surface area contributed by atoms with Gasteiger partial charge in [0.05, 0.1) is 12.1 Å². The number of anilines is 2. The first-order chi connectivity index (χ1) is 16.0. The second-order valence-electron chi connectivity index (χ2n) is 7.72. The number of carbonyl (C=O) groups is 2. The summed E-state index contributed by atoms with van der Waals surface area (Å²) in [4.78, 5) is 29.8. The number of amides is 2. The molecule has 0 spiro atoms. The Balaban J connectivity index is 1.41. The van der Waals surface area contributed by atoms with Crippen molar-refractivity contribution in [1.82, 2.24) is 4.98 Å². The van der Waals surface area contributed by atoms with Crippen LogP contribution in [0.5, 0.6) is 0 Å². The van der Waals surface area contributed by atoms with Crippen molar-refractivity contribution in [2.75, 3.05) is 10.6 Å². The van der Waals surface area contributed by atoms with Crippen molar-refractivity contribution in [2.24, 2.45) is 0 Å². The fourth-order valence-corrected chi connectivity index (χ4v) is 4.28. The molecule has 0 saturated heterocycles. The second-order valence-corrected chi connectivity index (χ2v) is 8.58. The van der Waals surface area contributed by atoms with Gasteiger partial charge < -0.3 is 10.6 Å². The zero-order valence-electron chi connectivity index (χ0n) is 18.6. The molecule has 0 aliphatic rings. The summed E-state index contributed by atoms with van der Waals surface area (Å²) in [5, 5.41) is 8.70. The van der Waals surface area contributed by atoms with E-state index < -0.39 is 0 Å². The molecule has 3 aromatic carbocycles. The zero-order valence-corrected chi connectivity index (χ0v) is 19.4. The molecule has 0 fully saturated rings. The highest BCUT2D eigenvalue weighted by atomic mass is 32.1. The fraction of sp³-hybridized carbons (Fsp3) is 0.148. The van der Waals surface area contributed by atoms with Crippen molar-refractivity contribution in [2.45, 2.75) is 26.7 Å². The monoisotopic (exact) mass is 455 g/mol. The van der Waals surface area contributed by atoms with Crippen LogP contribution in [0, 0.1) is 6.92 Å². The molecule has 0 aliphatic heterocycles. The Morgan fingerprint density at radius 3 is 2.27 bits per heavy atom. The van der Waals surface area contributed by atoms with Gasteiger partial charge in [-0.3, -0.25) is 9.59 Å². The standard InChI is InChI=1S/C27H25N3O2S/c1-3-19-12-14-21(15-13-19)27-28-22(17-33-27)16-25(31)29-23-10-7-11-24(18(23)2)30-26(32)20-8-5-4-6-9-20/h4-15,17H,3,16H2,1-2H3,(H,29,31)(H,30,32). The highest BCUT2D eigenvalue weighted by Gasteiger charge is 2.13. The SMILES string of the molecule is CCc1ccc(-c2nc(CC(=O)Nc3cccc(NC(=O)c4ccccc4)c3C)cs2)cc1. The maximum absolute atomic E-state index is 12.7. The molecule has 0 radical (unpaired) electrons. The van der Waals surface area contributed by atoms with E-state index in [9.17, 15) is 9.59 Å². The molecule has 1 aromatic heterocycles. The number of hydrogen-bond acceptors (Lipinski definition) is 4. The number of benzene rings is 3. The molecule has 5 nitrogen and oxygen atoms in total. The first kappa shape index (κ1) is 22.4. The van der Waals surface area contributed by atoms with Crippen LogP contribution < -0.4 is 10.6 Å². The number of nitrogens with zero attached hydrogens (tertiary/aromatic N) is 1. The second kappa shape index (κ2) is 10.2. The van der Waals surface area contributed by atoms with E-state index >= 15 is 0 Å². The molecule has 6 heteroatoms.